The van der Waals surface area contributed by atoms with E-state index < -0.39 is 17.7 Å². The third kappa shape index (κ3) is 3.14. The Morgan fingerprint density at radius 2 is 1.69 bits per heavy atom. The molecule has 7 nitrogen and oxygen atoms in total. The fourth-order valence-electron chi connectivity index (χ4n) is 3.80. The Hall–Kier alpha value is -3.36. The summed E-state index contributed by atoms with van der Waals surface area (Å²) >= 11 is 9.38. The van der Waals surface area contributed by atoms with Crippen LogP contribution in [0.3, 0.4) is 0 Å². The van der Waals surface area contributed by atoms with E-state index in [2.05, 4.69) is 26.1 Å². The van der Waals surface area contributed by atoms with E-state index in [-0.39, 0.29) is 5.91 Å². The number of hydrogen-bond acceptors (Lipinski definition) is 5. The summed E-state index contributed by atoms with van der Waals surface area (Å²) in [5.41, 5.74) is 1.81. The lowest BCUT2D eigenvalue weighted by molar-refractivity contribution is -0.118. The molecule has 32 heavy (non-hydrogen) atoms. The molecule has 0 bridgehead atoms. The van der Waals surface area contributed by atoms with Crippen LogP contribution in [0.2, 0.25) is 5.02 Å². The Morgan fingerprint density at radius 1 is 1.00 bits per heavy atom. The third-order valence-corrected chi connectivity index (χ3v) is 6.36. The monoisotopic (exact) mass is 508 g/mol. The lowest BCUT2D eigenvalue weighted by atomic mass is 9.95. The van der Waals surface area contributed by atoms with Crippen LogP contribution in [0.25, 0.3) is 10.8 Å². The quantitative estimate of drug-likeness (QED) is 0.373. The molecule has 3 aromatic rings. The minimum Gasteiger partial charge on any atom is -0.271 e. The van der Waals surface area contributed by atoms with Crippen molar-refractivity contribution in [2.24, 2.45) is 16.1 Å². The van der Waals surface area contributed by atoms with Crippen molar-refractivity contribution < 1.29 is 14.4 Å². The molecular weight excluding hydrogens is 496 g/mol. The number of benzene rings is 3. The van der Waals surface area contributed by atoms with E-state index in [1.165, 1.54) is 11.2 Å². The molecule has 2 aliphatic rings. The minimum absolute atomic E-state index is 0.336. The van der Waals surface area contributed by atoms with E-state index >= 15 is 0 Å². The largest absolute Gasteiger partial charge is 0.282 e. The van der Waals surface area contributed by atoms with Gasteiger partial charge in [0.1, 0.15) is 5.92 Å². The normalized spacial score (nSPS) is 18.3. The van der Waals surface area contributed by atoms with Gasteiger partial charge in [-0.15, -0.1) is 0 Å². The van der Waals surface area contributed by atoms with Gasteiger partial charge in [-0.05, 0) is 54.8 Å². The van der Waals surface area contributed by atoms with Crippen LogP contribution in [0.5, 0.6) is 0 Å². The molecular formula is C23H14BrClN4O3. The van der Waals surface area contributed by atoms with Crippen molar-refractivity contribution in [2.45, 2.75) is 6.92 Å². The lowest BCUT2D eigenvalue weighted by Gasteiger charge is -2.23. The topological polar surface area (TPSA) is 82.4 Å². The summed E-state index contributed by atoms with van der Waals surface area (Å²) in [5.74, 6) is -2.22. The predicted molar refractivity (Wildman–Crippen MR) is 126 cm³/mol. The fourth-order valence-corrected chi connectivity index (χ4v) is 4.39. The second-order valence-electron chi connectivity index (χ2n) is 7.36. The maximum atomic E-state index is 13.0. The van der Waals surface area contributed by atoms with Gasteiger partial charge >= 0.3 is 0 Å². The second-order valence-corrected chi connectivity index (χ2v) is 8.65. The van der Waals surface area contributed by atoms with Crippen LogP contribution in [0.15, 0.2) is 69.3 Å². The number of carbonyl (C=O) groups excluding carboxylic acids is 3. The molecule has 1 atom stereocenters. The molecule has 0 aliphatic carbocycles. The van der Waals surface area contributed by atoms with Gasteiger partial charge in [-0.25, -0.2) is 0 Å². The molecule has 3 aromatic carbocycles. The van der Waals surface area contributed by atoms with Gasteiger partial charge in [-0.3, -0.25) is 14.4 Å². The van der Waals surface area contributed by atoms with Gasteiger partial charge in [0.2, 0.25) is 0 Å². The zero-order valence-electron chi connectivity index (χ0n) is 16.6. The number of anilines is 1. The summed E-state index contributed by atoms with van der Waals surface area (Å²) in [7, 11) is 0. The highest BCUT2D eigenvalue weighted by atomic mass is 79.9. The van der Waals surface area contributed by atoms with E-state index in [1.54, 1.807) is 55.5 Å². The molecule has 1 unspecified atom stereocenters. The summed E-state index contributed by atoms with van der Waals surface area (Å²) in [6, 6.07) is 15.4. The van der Waals surface area contributed by atoms with Crippen molar-refractivity contribution in [2.75, 3.05) is 5.01 Å². The predicted octanol–water partition coefficient (Wildman–Crippen LogP) is 4.88. The SMILES string of the molecule is CC1=NN(c2ccc(Cl)cc2)C(=O)C1C=NN1C(=O)c2cccc3c(Br)ccc(c23)C1=O. The van der Waals surface area contributed by atoms with Crippen LogP contribution >= 0.6 is 27.5 Å². The first kappa shape index (κ1) is 20.5. The van der Waals surface area contributed by atoms with Crippen LogP contribution < -0.4 is 5.01 Å². The molecule has 158 valence electrons. The lowest BCUT2D eigenvalue weighted by Crippen LogP contribution is -2.37. The smallest absolute Gasteiger partial charge is 0.271 e. The van der Waals surface area contributed by atoms with Crippen molar-refractivity contribution in [1.82, 2.24) is 5.01 Å². The van der Waals surface area contributed by atoms with Gasteiger partial charge in [-0.1, -0.05) is 39.7 Å². The second kappa shape index (κ2) is 7.65. The molecule has 3 amide bonds. The molecule has 0 radical (unpaired) electrons. The molecule has 5 rings (SSSR count). The zero-order chi connectivity index (χ0) is 22.6. The Morgan fingerprint density at radius 3 is 2.41 bits per heavy atom. The summed E-state index contributed by atoms with van der Waals surface area (Å²) in [6.07, 6.45) is 1.29. The van der Waals surface area contributed by atoms with Crippen LogP contribution in [0.4, 0.5) is 5.69 Å². The van der Waals surface area contributed by atoms with Crippen LogP contribution in [0.1, 0.15) is 27.6 Å². The van der Waals surface area contributed by atoms with Crippen LogP contribution in [0, 0.1) is 5.92 Å². The number of carbonyl (C=O) groups is 3. The summed E-state index contributed by atoms with van der Waals surface area (Å²) in [5, 5.41) is 12.4. The van der Waals surface area contributed by atoms with Gasteiger partial charge in [0.25, 0.3) is 17.7 Å². The number of rotatable bonds is 3. The van der Waals surface area contributed by atoms with Gasteiger partial charge in [0.15, 0.2) is 0 Å². The Labute approximate surface area is 196 Å². The molecule has 0 saturated heterocycles. The van der Waals surface area contributed by atoms with E-state index in [0.717, 1.165) is 14.9 Å². The van der Waals surface area contributed by atoms with Gasteiger partial charge < -0.3 is 0 Å². The number of hydrogen-bond donors (Lipinski definition) is 0. The number of amides is 3. The average molecular weight is 510 g/mol. The molecule has 2 heterocycles. The van der Waals surface area contributed by atoms with Crippen LogP contribution in [-0.2, 0) is 4.79 Å². The van der Waals surface area contributed by atoms with E-state index in [4.69, 9.17) is 11.6 Å². The molecule has 0 saturated carbocycles. The maximum Gasteiger partial charge on any atom is 0.282 e. The molecule has 0 fully saturated rings. The van der Waals surface area contributed by atoms with Crippen molar-refractivity contribution in [1.29, 1.82) is 0 Å². The molecule has 2 aliphatic heterocycles. The zero-order valence-corrected chi connectivity index (χ0v) is 19.0. The number of nitrogens with zero attached hydrogens (tertiary/aromatic N) is 4. The van der Waals surface area contributed by atoms with Crippen molar-refractivity contribution >= 4 is 73.6 Å². The van der Waals surface area contributed by atoms with Crippen molar-refractivity contribution in [3.63, 3.8) is 0 Å². The first-order valence-corrected chi connectivity index (χ1v) is 10.8. The Balaban J connectivity index is 1.46. The van der Waals surface area contributed by atoms with E-state index in [1.807, 2.05) is 6.07 Å². The Kier molecular flexibility index (Phi) is 4.91. The number of halogens is 2. The molecule has 0 N–H and O–H groups in total. The highest BCUT2D eigenvalue weighted by molar-refractivity contribution is 9.10. The van der Waals surface area contributed by atoms with Crippen molar-refractivity contribution in [3.05, 3.63) is 75.2 Å². The minimum atomic E-state index is -0.798. The Bertz CT molecular complexity index is 1360. The number of hydrazone groups is 2. The van der Waals surface area contributed by atoms with Crippen molar-refractivity contribution in [3.8, 4) is 0 Å². The summed E-state index contributed by atoms with van der Waals surface area (Å²) < 4.78 is 0.793. The first-order valence-electron chi connectivity index (χ1n) is 9.65. The summed E-state index contributed by atoms with van der Waals surface area (Å²) in [6.45, 7) is 1.69. The van der Waals surface area contributed by atoms with Gasteiger partial charge in [0.05, 0.1) is 22.5 Å². The highest BCUT2D eigenvalue weighted by Gasteiger charge is 2.36. The number of imide groups is 1. The molecule has 0 spiro atoms. The van der Waals surface area contributed by atoms with Gasteiger partial charge in [-0.2, -0.15) is 20.2 Å². The van der Waals surface area contributed by atoms with Crippen LogP contribution in [-0.4, -0.2) is 34.7 Å². The fraction of sp³-hybridized carbons (Fsp3) is 0.0870. The molecule has 0 aromatic heterocycles. The average Bonchev–Trinajstić information content (AvgIpc) is 3.07. The molecule has 9 heteroatoms. The first-order chi connectivity index (χ1) is 15.4. The summed E-state index contributed by atoms with van der Waals surface area (Å²) in [4.78, 5) is 39.0. The standard InChI is InChI=1S/C23H14BrClN4O3/c1-12-18(23(32)28(27-12)14-7-5-13(25)6-8-14)11-26-29-21(30)16-4-2-3-15-19(24)10-9-17(20(15)16)22(29)31/h2-11,18H,1H3. The van der Waals surface area contributed by atoms with E-state index in [9.17, 15) is 14.4 Å². The van der Waals surface area contributed by atoms with Gasteiger partial charge in [0, 0.05) is 21.1 Å². The van der Waals surface area contributed by atoms with E-state index in [0.29, 0.717) is 32.9 Å². The third-order valence-electron chi connectivity index (χ3n) is 5.42. The highest BCUT2D eigenvalue weighted by Crippen LogP contribution is 2.34. The maximum absolute atomic E-state index is 13.0.